The Bertz CT molecular complexity index is 1070. The van der Waals surface area contributed by atoms with Crippen molar-refractivity contribution in [2.75, 3.05) is 12.4 Å². The van der Waals surface area contributed by atoms with Gasteiger partial charge >= 0.3 is 0 Å². The Labute approximate surface area is 157 Å². The molecular formula is C22H19N3O2. The van der Waals surface area contributed by atoms with Crippen LogP contribution in [0.25, 0.3) is 22.4 Å². The second-order valence-electron chi connectivity index (χ2n) is 6.15. The molecule has 0 saturated carbocycles. The molecule has 1 N–H and O–H groups in total. The van der Waals surface area contributed by atoms with Crippen molar-refractivity contribution in [2.45, 2.75) is 6.54 Å². The fourth-order valence-corrected chi connectivity index (χ4v) is 3.06. The molecule has 0 bridgehead atoms. The molecule has 0 saturated heterocycles. The summed E-state index contributed by atoms with van der Waals surface area (Å²) < 4.78 is 7.17. The number of carbonyl (C=O) groups is 1. The number of nitrogens with zero attached hydrogens (tertiary/aromatic N) is 2. The van der Waals surface area contributed by atoms with Gasteiger partial charge in [0.2, 0.25) is 5.91 Å². The molecule has 4 rings (SSSR count). The molecule has 3 aromatic carbocycles. The van der Waals surface area contributed by atoms with Crippen molar-refractivity contribution in [3.63, 3.8) is 0 Å². The first kappa shape index (κ1) is 16.8. The number of ether oxygens (including phenoxy) is 1. The Balaban J connectivity index is 1.70. The molecule has 4 aromatic rings. The largest absolute Gasteiger partial charge is 0.497 e. The third-order valence-electron chi connectivity index (χ3n) is 4.36. The second-order valence-corrected chi connectivity index (χ2v) is 6.15. The van der Waals surface area contributed by atoms with Gasteiger partial charge in [-0.25, -0.2) is 4.98 Å². The van der Waals surface area contributed by atoms with Gasteiger partial charge in [0.15, 0.2) is 0 Å². The molecule has 134 valence electrons. The van der Waals surface area contributed by atoms with Gasteiger partial charge in [-0.2, -0.15) is 0 Å². The van der Waals surface area contributed by atoms with Gasteiger partial charge < -0.3 is 14.6 Å². The molecule has 5 heteroatoms. The summed E-state index contributed by atoms with van der Waals surface area (Å²) in [6.07, 6.45) is 0. The van der Waals surface area contributed by atoms with Crippen LogP contribution in [-0.4, -0.2) is 22.6 Å². The molecular weight excluding hydrogens is 338 g/mol. The van der Waals surface area contributed by atoms with Crippen molar-refractivity contribution in [3.8, 4) is 17.1 Å². The normalized spacial score (nSPS) is 10.7. The minimum atomic E-state index is -0.0980. The van der Waals surface area contributed by atoms with Crippen LogP contribution in [0.1, 0.15) is 0 Å². The topological polar surface area (TPSA) is 56.2 Å². The number of hydrogen-bond acceptors (Lipinski definition) is 3. The number of benzene rings is 3. The number of aromatic nitrogens is 2. The van der Waals surface area contributed by atoms with Gasteiger partial charge in [0.05, 0.1) is 18.1 Å². The summed E-state index contributed by atoms with van der Waals surface area (Å²) in [6, 6.07) is 25.0. The van der Waals surface area contributed by atoms with Gasteiger partial charge in [0.25, 0.3) is 0 Å². The monoisotopic (exact) mass is 357 g/mol. The van der Waals surface area contributed by atoms with Gasteiger partial charge in [-0.15, -0.1) is 0 Å². The van der Waals surface area contributed by atoms with E-state index in [1.54, 1.807) is 7.11 Å². The van der Waals surface area contributed by atoms with Gasteiger partial charge in [-0.1, -0.05) is 30.3 Å². The molecule has 0 atom stereocenters. The molecule has 0 aliphatic rings. The number of hydrogen-bond donors (Lipinski definition) is 1. The predicted molar refractivity (Wildman–Crippen MR) is 107 cm³/mol. The number of methoxy groups -OCH3 is 1. The third-order valence-corrected chi connectivity index (χ3v) is 4.36. The second kappa shape index (κ2) is 7.33. The molecule has 1 heterocycles. The van der Waals surface area contributed by atoms with E-state index in [1.807, 2.05) is 83.4 Å². The quantitative estimate of drug-likeness (QED) is 0.578. The van der Waals surface area contributed by atoms with E-state index in [-0.39, 0.29) is 12.5 Å². The van der Waals surface area contributed by atoms with E-state index in [0.717, 1.165) is 33.9 Å². The number of rotatable bonds is 5. The number of anilines is 1. The molecule has 0 aliphatic heterocycles. The van der Waals surface area contributed by atoms with Crippen molar-refractivity contribution in [2.24, 2.45) is 0 Å². The summed E-state index contributed by atoms with van der Waals surface area (Å²) >= 11 is 0. The fraction of sp³-hybridized carbons (Fsp3) is 0.0909. The van der Waals surface area contributed by atoms with Gasteiger partial charge in [-0.3, -0.25) is 4.79 Å². The van der Waals surface area contributed by atoms with Crippen LogP contribution in [0.2, 0.25) is 0 Å². The molecule has 0 unspecified atom stereocenters. The van der Waals surface area contributed by atoms with E-state index in [9.17, 15) is 4.79 Å². The molecule has 0 spiro atoms. The van der Waals surface area contributed by atoms with E-state index < -0.39 is 0 Å². The van der Waals surface area contributed by atoms with Crippen molar-refractivity contribution >= 4 is 22.6 Å². The van der Waals surface area contributed by atoms with Crippen molar-refractivity contribution in [3.05, 3.63) is 78.9 Å². The first-order chi connectivity index (χ1) is 13.2. The van der Waals surface area contributed by atoms with Crippen LogP contribution in [-0.2, 0) is 11.3 Å². The van der Waals surface area contributed by atoms with Crippen LogP contribution in [0.4, 0.5) is 5.69 Å². The Hall–Kier alpha value is -3.60. The number of imidazole rings is 1. The van der Waals surface area contributed by atoms with Gasteiger partial charge in [0.1, 0.15) is 18.1 Å². The minimum absolute atomic E-state index is 0.0980. The van der Waals surface area contributed by atoms with E-state index in [1.165, 1.54) is 0 Å². The number of fused-ring (bicyclic) bond motifs is 1. The van der Waals surface area contributed by atoms with Gasteiger partial charge in [0, 0.05) is 11.3 Å². The molecule has 1 amide bonds. The van der Waals surface area contributed by atoms with Crippen LogP contribution >= 0.6 is 0 Å². The van der Waals surface area contributed by atoms with Crippen molar-refractivity contribution in [1.29, 1.82) is 0 Å². The molecule has 5 nitrogen and oxygen atoms in total. The van der Waals surface area contributed by atoms with E-state index in [2.05, 4.69) is 5.32 Å². The van der Waals surface area contributed by atoms with E-state index in [0.29, 0.717) is 0 Å². The summed E-state index contributed by atoms with van der Waals surface area (Å²) in [6.45, 7) is 0.177. The zero-order valence-electron chi connectivity index (χ0n) is 14.9. The molecule has 27 heavy (non-hydrogen) atoms. The summed E-state index contributed by atoms with van der Waals surface area (Å²) in [5, 5.41) is 2.93. The lowest BCUT2D eigenvalue weighted by Gasteiger charge is -2.10. The lowest BCUT2D eigenvalue weighted by atomic mass is 10.2. The summed E-state index contributed by atoms with van der Waals surface area (Å²) in [5.74, 6) is 1.43. The van der Waals surface area contributed by atoms with E-state index >= 15 is 0 Å². The van der Waals surface area contributed by atoms with Crippen LogP contribution < -0.4 is 10.1 Å². The minimum Gasteiger partial charge on any atom is -0.497 e. The average molecular weight is 357 g/mol. The van der Waals surface area contributed by atoms with Crippen LogP contribution in [0.5, 0.6) is 5.75 Å². The number of para-hydroxylation sites is 3. The summed E-state index contributed by atoms with van der Waals surface area (Å²) in [4.78, 5) is 17.4. The lowest BCUT2D eigenvalue weighted by Crippen LogP contribution is -2.19. The highest BCUT2D eigenvalue weighted by atomic mass is 16.5. The number of carbonyl (C=O) groups excluding carboxylic acids is 1. The zero-order chi connectivity index (χ0) is 18.6. The summed E-state index contributed by atoms with van der Waals surface area (Å²) in [5.41, 5.74) is 3.49. The average Bonchev–Trinajstić information content (AvgIpc) is 3.07. The predicted octanol–water partition coefficient (Wildman–Crippen LogP) is 4.35. The number of nitrogens with one attached hydrogen (secondary N) is 1. The molecule has 0 aliphatic carbocycles. The molecule has 0 radical (unpaired) electrons. The van der Waals surface area contributed by atoms with Crippen LogP contribution in [0, 0.1) is 0 Å². The smallest absolute Gasteiger partial charge is 0.244 e. The standard InChI is InChI=1S/C22H19N3O2/c1-27-18-13-11-16(12-14-18)22-24-19-9-5-6-10-20(19)25(22)15-21(26)23-17-7-3-2-4-8-17/h2-14H,15H2,1H3,(H,23,26). The van der Waals surface area contributed by atoms with E-state index in [4.69, 9.17) is 9.72 Å². The SMILES string of the molecule is COc1ccc(-c2nc3ccccc3n2CC(=O)Nc2ccccc2)cc1. The molecule has 1 aromatic heterocycles. The van der Waals surface area contributed by atoms with Gasteiger partial charge in [-0.05, 0) is 48.5 Å². The Kier molecular flexibility index (Phi) is 4.58. The highest BCUT2D eigenvalue weighted by Gasteiger charge is 2.15. The fourth-order valence-electron chi connectivity index (χ4n) is 3.06. The maximum absolute atomic E-state index is 12.6. The first-order valence-corrected chi connectivity index (χ1v) is 8.69. The molecule has 0 fully saturated rings. The Morgan fingerprint density at radius 3 is 2.41 bits per heavy atom. The maximum Gasteiger partial charge on any atom is 0.244 e. The third kappa shape index (κ3) is 3.53. The highest BCUT2D eigenvalue weighted by molar-refractivity contribution is 5.92. The Morgan fingerprint density at radius 2 is 1.67 bits per heavy atom. The Morgan fingerprint density at radius 1 is 0.963 bits per heavy atom. The van der Waals surface area contributed by atoms with Crippen molar-refractivity contribution in [1.82, 2.24) is 9.55 Å². The lowest BCUT2D eigenvalue weighted by molar-refractivity contribution is -0.116. The first-order valence-electron chi connectivity index (χ1n) is 8.69. The van der Waals surface area contributed by atoms with Crippen LogP contribution in [0.15, 0.2) is 78.9 Å². The highest BCUT2D eigenvalue weighted by Crippen LogP contribution is 2.26. The van der Waals surface area contributed by atoms with Crippen molar-refractivity contribution < 1.29 is 9.53 Å². The maximum atomic E-state index is 12.6. The van der Waals surface area contributed by atoms with Crippen LogP contribution in [0.3, 0.4) is 0 Å². The summed E-state index contributed by atoms with van der Waals surface area (Å²) in [7, 11) is 1.64. The zero-order valence-corrected chi connectivity index (χ0v) is 14.9. The number of amides is 1.